The second-order valence-electron chi connectivity index (χ2n) is 6.03. The summed E-state index contributed by atoms with van der Waals surface area (Å²) in [6, 6.07) is 0.190. The predicted molar refractivity (Wildman–Crippen MR) is 69.4 cm³/mol. The second-order valence-corrected chi connectivity index (χ2v) is 6.03. The number of nitrogens with zero attached hydrogens (tertiary/aromatic N) is 1. The number of aliphatic carboxylic acids is 1. The number of likely N-dealkylation sites (tertiary alicyclic amines) is 1. The molecule has 1 fully saturated rings. The van der Waals surface area contributed by atoms with Gasteiger partial charge in [-0.3, -0.25) is 4.79 Å². The van der Waals surface area contributed by atoms with Crippen LogP contribution in [0.1, 0.15) is 40.5 Å². The van der Waals surface area contributed by atoms with Gasteiger partial charge >= 0.3 is 12.0 Å². The zero-order chi connectivity index (χ0) is 13.9. The third-order valence-electron chi connectivity index (χ3n) is 3.45. The third-order valence-corrected chi connectivity index (χ3v) is 3.45. The smallest absolute Gasteiger partial charge is 0.317 e. The largest absolute Gasteiger partial charge is 0.481 e. The van der Waals surface area contributed by atoms with E-state index < -0.39 is 5.97 Å². The lowest BCUT2D eigenvalue weighted by Gasteiger charge is -2.56. The fourth-order valence-corrected chi connectivity index (χ4v) is 2.94. The van der Waals surface area contributed by atoms with Crippen molar-refractivity contribution in [1.29, 1.82) is 0 Å². The van der Waals surface area contributed by atoms with Crippen LogP contribution in [0.25, 0.3) is 0 Å². The molecule has 0 aromatic heterocycles. The molecule has 5 heteroatoms. The highest BCUT2D eigenvalue weighted by molar-refractivity contribution is 5.76. The number of carbonyl (C=O) groups excluding carboxylic acids is 1. The molecule has 1 atom stereocenters. The predicted octanol–water partition coefficient (Wildman–Crippen LogP) is 1.93. The van der Waals surface area contributed by atoms with E-state index in [2.05, 4.69) is 33.0 Å². The minimum Gasteiger partial charge on any atom is -0.481 e. The normalized spacial score (nSPS) is 21.6. The first-order valence-corrected chi connectivity index (χ1v) is 6.52. The van der Waals surface area contributed by atoms with Crippen LogP contribution in [0.5, 0.6) is 0 Å². The van der Waals surface area contributed by atoms with Crippen molar-refractivity contribution in [2.24, 2.45) is 11.3 Å². The fraction of sp³-hybridized carbons (Fsp3) is 0.846. The molecule has 1 heterocycles. The lowest BCUT2D eigenvalue weighted by atomic mass is 9.70. The van der Waals surface area contributed by atoms with Crippen molar-refractivity contribution in [2.75, 3.05) is 13.1 Å². The first kappa shape index (κ1) is 14.8. The molecule has 0 saturated carbocycles. The van der Waals surface area contributed by atoms with Gasteiger partial charge in [-0.1, -0.05) is 27.7 Å². The molecule has 1 unspecified atom stereocenters. The molecule has 1 aliphatic rings. The quantitative estimate of drug-likeness (QED) is 0.738. The minimum absolute atomic E-state index is 0.0709. The lowest BCUT2D eigenvalue weighted by molar-refractivity contribution is -0.137. The Balaban J connectivity index is 2.37. The van der Waals surface area contributed by atoms with Gasteiger partial charge in [-0.2, -0.15) is 0 Å². The van der Waals surface area contributed by atoms with Gasteiger partial charge in [-0.25, -0.2) is 4.79 Å². The molecule has 0 bridgehead atoms. The number of carboxylic acids is 1. The van der Waals surface area contributed by atoms with Gasteiger partial charge in [0.15, 0.2) is 0 Å². The van der Waals surface area contributed by atoms with E-state index in [4.69, 9.17) is 5.11 Å². The molecule has 1 saturated heterocycles. The van der Waals surface area contributed by atoms with E-state index in [9.17, 15) is 9.59 Å². The van der Waals surface area contributed by atoms with Crippen molar-refractivity contribution in [3.05, 3.63) is 0 Å². The highest BCUT2D eigenvalue weighted by Crippen LogP contribution is 2.40. The van der Waals surface area contributed by atoms with Crippen molar-refractivity contribution < 1.29 is 14.7 Å². The number of nitrogens with one attached hydrogen (secondary N) is 1. The molecule has 0 aromatic carbocycles. The van der Waals surface area contributed by atoms with Gasteiger partial charge < -0.3 is 15.3 Å². The molecule has 0 aliphatic carbocycles. The van der Waals surface area contributed by atoms with E-state index in [1.165, 1.54) is 0 Å². The van der Waals surface area contributed by atoms with Gasteiger partial charge in [-0.15, -0.1) is 0 Å². The Labute approximate surface area is 109 Å². The first-order valence-electron chi connectivity index (χ1n) is 6.52. The van der Waals surface area contributed by atoms with Crippen LogP contribution in [0.4, 0.5) is 4.79 Å². The lowest BCUT2D eigenvalue weighted by Crippen LogP contribution is -2.67. The van der Waals surface area contributed by atoms with Gasteiger partial charge in [-0.05, 0) is 12.3 Å². The number of carboxylic acid groups (broad SMARTS) is 1. The molecular weight excluding hydrogens is 232 g/mol. The zero-order valence-electron chi connectivity index (χ0n) is 11.7. The Bertz CT molecular complexity index is 326. The summed E-state index contributed by atoms with van der Waals surface area (Å²) in [5.41, 5.74) is 0.173. The van der Waals surface area contributed by atoms with Crippen molar-refractivity contribution in [1.82, 2.24) is 10.2 Å². The molecular formula is C13H24N2O3. The molecule has 0 aromatic rings. The molecule has 2 N–H and O–H groups in total. The fourth-order valence-electron chi connectivity index (χ4n) is 2.94. The van der Waals surface area contributed by atoms with Crippen molar-refractivity contribution >= 4 is 12.0 Å². The Morgan fingerprint density at radius 1 is 1.44 bits per heavy atom. The number of hydrogen-bond acceptors (Lipinski definition) is 2. The van der Waals surface area contributed by atoms with E-state index in [1.807, 2.05) is 4.90 Å². The highest BCUT2D eigenvalue weighted by atomic mass is 16.4. The first-order chi connectivity index (χ1) is 8.25. The average molecular weight is 256 g/mol. The number of rotatable bonds is 5. The summed E-state index contributed by atoms with van der Waals surface area (Å²) in [7, 11) is 0. The molecule has 104 valence electrons. The van der Waals surface area contributed by atoms with Crippen molar-refractivity contribution in [2.45, 2.75) is 46.6 Å². The number of amides is 2. The van der Waals surface area contributed by atoms with Crippen LogP contribution in [0.3, 0.4) is 0 Å². The van der Waals surface area contributed by atoms with Gasteiger partial charge in [0.25, 0.3) is 0 Å². The molecule has 0 spiro atoms. The minimum atomic E-state index is -0.825. The van der Waals surface area contributed by atoms with Gasteiger partial charge in [0.1, 0.15) is 0 Å². The third kappa shape index (κ3) is 3.37. The van der Waals surface area contributed by atoms with Crippen LogP contribution in [0.15, 0.2) is 0 Å². The number of carbonyl (C=O) groups is 2. The maximum absolute atomic E-state index is 11.9. The van der Waals surface area contributed by atoms with Crippen LogP contribution < -0.4 is 5.32 Å². The monoisotopic (exact) mass is 256 g/mol. The molecule has 2 amide bonds. The van der Waals surface area contributed by atoms with Crippen LogP contribution in [-0.4, -0.2) is 41.1 Å². The van der Waals surface area contributed by atoms with Crippen LogP contribution in [0.2, 0.25) is 0 Å². The van der Waals surface area contributed by atoms with Gasteiger partial charge in [0.2, 0.25) is 0 Å². The molecule has 1 aliphatic heterocycles. The SMILES string of the molecule is CC(C)C1N(C(=O)NCCCC(=O)O)CC1(C)C. The van der Waals surface area contributed by atoms with Gasteiger partial charge in [0.05, 0.1) is 0 Å². The number of urea groups is 1. The van der Waals surface area contributed by atoms with Crippen molar-refractivity contribution in [3.8, 4) is 0 Å². The summed E-state index contributed by atoms with van der Waals surface area (Å²) in [4.78, 5) is 24.1. The van der Waals surface area contributed by atoms with E-state index in [0.29, 0.717) is 18.9 Å². The molecule has 1 rings (SSSR count). The van der Waals surface area contributed by atoms with Crippen LogP contribution in [0, 0.1) is 11.3 Å². The standard InChI is InChI=1S/C13H24N2O3/c1-9(2)11-13(3,4)8-15(11)12(18)14-7-5-6-10(16)17/h9,11H,5-8H2,1-4H3,(H,14,18)(H,16,17). The topological polar surface area (TPSA) is 69.6 Å². The molecule has 5 nitrogen and oxygen atoms in total. The van der Waals surface area contributed by atoms with Crippen LogP contribution >= 0.6 is 0 Å². The maximum atomic E-state index is 11.9. The van der Waals surface area contributed by atoms with E-state index in [0.717, 1.165) is 6.54 Å². The Kier molecular flexibility index (Phi) is 4.59. The Hall–Kier alpha value is -1.26. The molecule has 0 radical (unpaired) electrons. The summed E-state index contributed by atoms with van der Waals surface area (Å²) < 4.78 is 0. The maximum Gasteiger partial charge on any atom is 0.317 e. The zero-order valence-corrected chi connectivity index (χ0v) is 11.7. The highest BCUT2D eigenvalue weighted by Gasteiger charge is 2.49. The van der Waals surface area contributed by atoms with E-state index >= 15 is 0 Å². The summed E-state index contributed by atoms with van der Waals surface area (Å²) in [6.07, 6.45) is 0.573. The second kappa shape index (κ2) is 5.59. The van der Waals surface area contributed by atoms with E-state index in [1.54, 1.807) is 0 Å². The van der Waals surface area contributed by atoms with Crippen molar-refractivity contribution in [3.63, 3.8) is 0 Å². The summed E-state index contributed by atoms with van der Waals surface area (Å²) in [5, 5.41) is 11.3. The summed E-state index contributed by atoms with van der Waals surface area (Å²) >= 11 is 0. The van der Waals surface area contributed by atoms with E-state index in [-0.39, 0.29) is 23.9 Å². The number of hydrogen-bond donors (Lipinski definition) is 2. The van der Waals surface area contributed by atoms with Crippen LogP contribution in [-0.2, 0) is 4.79 Å². The summed E-state index contributed by atoms with van der Waals surface area (Å²) in [6.45, 7) is 9.78. The summed E-state index contributed by atoms with van der Waals surface area (Å²) in [5.74, 6) is -0.395. The Morgan fingerprint density at radius 3 is 2.50 bits per heavy atom. The van der Waals surface area contributed by atoms with Gasteiger partial charge in [0, 0.05) is 31.0 Å². The average Bonchev–Trinajstić information content (AvgIpc) is 2.19. The Morgan fingerprint density at radius 2 is 2.06 bits per heavy atom. The molecule has 18 heavy (non-hydrogen) atoms.